The highest BCUT2D eigenvalue weighted by molar-refractivity contribution is 5.89. The molecule has 21 heavy (non-hydrogen) atoms. The quantitative estimate of drug-likeness (QED) is 0.849. The van der Waals surface area contributed by atoms with Gasteiger partial charge in [0.2, 0.25) is 0 Å². The van der Waals surface area contributed by atoms with Gasteiger partial charge in [-0.25, -0.2) is 4.79 Å². The van der Waals surface area contributed by atoms with Crippen molar-refractivity contribution in [3.63, 3.8) is 0 Å². The van der Waals surface area contributed by atoms with Gasteiger partial charge >= 0.3 is 6.03 Å². The van der Waals surface area contributed by atoms with Crippen LogP contribution in [0.5, 0.6) is 0 Å². The topological polar surface area (TPSA) is 50.8 Å². The Balaban J connectivity index is 1.75. The number of hydrogen-bond donors (Lipinski definition) is 1. The molecule has 5 nitrogen and oxygen atoms in total. The lowest BCUT2D eigenvalue weighted by atomic mass is 10.1. The van der Waals surface area contributed by atoms with E-state index in [2.05, 4.69) is 5.32 Å². The molecule has 0 aliphatic carbocycles. The number of nitrogens with one attached hydrogen (secondary N) is 1. The van der Waals surface area contributed by atoms with Crippen LogP contribution in [0.4, 0.5) is 10.5 Å². The lowest BCUT2D eigenvalue weighted by molar-refractivity contribution is -0.00851. The summed E-state index contributed by atoms with van der Waals surface area (Å²) in [7, 11) is 1.67. The zero-order valence-electron chi connectivity index (χ0n) is 12.8. The fraction of sp³-hybridized carbons (Fsp3) is 0.562. The minimum atomic E-state index is -0.0315. The molecule has 0 aromatic heterocycles. The Labute approximate surface area is 126 Å². The van der Waals surface area contributed by atoms with E-state index in [1.54, 1.807) is 7.11 Å². The third kappa shape index (κ3) is 5.02. The van der Waals surface area contributed by atoms with Gasteiger partial charge in [0.05, 0.1) is 19.3 Å². The lowest BCUT2D eigenvalue weighted by Crippen LogP contribution is -2.43. The number of rotatable bonds is 5. The van der Waals surface area contributed by atoms with E-state index in [1.807, 2.05) is 36.1 Å². The largest absolute Gasteiger partial charge is 0.382 e. The van der Waals surface area contributed by atoms with Crippen molar-refractivity contribution >= 4 is 11.7 Å². The molecular weight excluding hydrogens is 268 g/mol. The summed E-state index contributed by atoms with van der Waals surface area (Å²) >= 11 is 0. The molecule has 1 aromatic rings. The Bertz CT molecular complexity index is 457. The standard InChI is InChI=1S/C16H24N2O3/c1-13-4-3-5-14(12-13)17-16(19)18-8-6-15(7-9-18)21-11-10-20-2/h3-5,12,15H,6-11H2,1-2H3,(H,17,19). The molecule has 0 saturated carbocycles. The molecule has 0 radical (unpaired) electrons. The number of ether oxygens (including phenoxy) is 2. The van der Waals surface area contributed by atoms with E-state index >= 15 is 0 Å². The summed E-state index contributed by atoms with van der Waals surface area (Å²) in [6, 6.07) is 7.81. The molecule has 0 atom stereocenters. The third-order valence-corrected chi connectivity index (χ3v) is 3.64. The van der Waals surface area contributed by atoms with Gasteiger partial charge in [0.1, 0.15) is 0 Å². The molecule has 2 rings (SSSR count). The summed E-state index contributed by atoms with van der Waals surface area (Å²) in [6.45, 7) is 4.72. The summed E-state index contributed by atoms with van der Waals surface area (Å²) in [6.07, 6.45) is 2.00. The van der Waals surface area contributed by atoms with Crippen molar-refractivity contribution in [3.8, 4) is 0 Å². The molecule has 1 aromatic carbocycles. The summed E-state index contributed by atoms with van der Waals surface area (Å²) in [5.74, 6) is 0. The summed E-state index contributed by atoms with van der Waals surface area (Å²) in [5.41, 5.74) is 1.98. The second-order valence-corrected chi connectivity index (χ2v) is 5.35. The predicted molar refractivity (Wildman–Crippen MR) is 82.6 cm³/mol. The highest BCUT2D eigenvalue weighted by Gasteiger charge is 2.23. The maximum absolute atomic E-state index is 12.2. The molecule has 1 N–H and O–H groups in total. The fourth-order valence-electron chi connectivity index (χ4n) is 2.45. The van der Waals surface area contributed by atoms with Gasteiger partial charge < -0.3 is 19.7 Å². The maximum atomic E-state index is 12.2. The number of piperidine rings is 1. The number of methoxy groups -OCH3 is 1. The normalized spacial score (nSPS) is 16.0. The Morgan fingerprint density at radius 2 is 2.10 bits per heavy atom. The van der Waals surface area contributed by atoms with Gasteiger partial charge in [0, 0.05) is 25.9 Å². The molecular formula is C16H24N2O3. The Morgan fingerprint density at radius 1 is 1.33 bits per heavy atom. The molecule has 1 saturated heterocycles. The van der Waals surface area contributed by atoms with Gasteiger partial charge in [0.25, 0.3) is 0 Å². The lowest BCUT2D eigenvalue weighted by Gasteiger charge is -2.32. The molecule has 0 bridgehead atoms. The van der Waals surface area contributed by atoms with E-state index in [1.165, 1.54) is 0 Å². The van der Waals surface area contributed by atoms with Crippen LogP contribution in [0.15, 0.2) is 24.3 Å². The van der Waals surface area contributed by atoms with Crippen LogP contribution in [0.25, 0.3) is 0 Å². The van der Waals surface area contributed by atoms with Crippen molar-refractivity contribution in [2.24, 2.45) is 0 Å². The van der Waals surface area contributed by atoms with E-state index in [-0.39, 0.29) is 12.1 Å². The van der Waals surface area contributed by atoms with Crippen LogP contribution in [0.3, 0.4) is 0 Å². The molecule has 0 spiro atoms. The minimum Gasteiger partial charge on any atom is -0.382 e. The molecule has 1 aliphatic heterocycles. The van der Waals surface area contributed by atoms with Crippen LogP contribution in [0.2, 0.25) is 0 Å². The minimum absolute atomic E-state index is 0.0315. The van der Waals surface area contributed by atoms with Gasteiger partial charge in [-0.2, -0.15) is 0 Å². The van der Waals surface area contributed by atoms with E-state index in [9.17, 15) is 4.79 Å². The smallest absolute Gasteiger partial charge is 0.321 e. The van der Waals surface area contributed by atoms with Crippen molar-refractivity contribution in [1.29, 1.82) is 0 Å². The highest BCUT2D eigenvalue weighted by atomic mass is 16.5. The number of hydrogen-bond acceptors (Lipinski definition) is 3. The summed E-state index contributed by atoms with van der Waals surface area (Å²) in [5, 5.41) is 2.95. The first-order valence-electron chi connectivity index (χ1n) is 7.42. The van der Waals surface area contributed by atoms with Gasteiger partial charge in [0.15, 0.2) is 0 Å². The molecule has 5 heteroatoms. The van der Waals surface area contributed by atoms with Gasteiger partial charge in [-0.05, 0) is 37.5 Å². The molecule has 1 heterocycles. The van der Waals surface area contributed by atoms with Crippen LogP contribution >= 0.6 is 0 Å². The van der Waals surface area contributed by atoms with Crippen LogP contribution in [-0.4, -0.2) is 50.4 Å². The van der Waals surface area contributed by atoms with Crippen LogP contribution in [0.1, 0.15) is 18.4 Å². The maximum Gasteiger partial charge on any atom is 0.321 e. The van der Waals surface area contributed by atoms with E-state index in [0.717, 1.165) is 37.2 Å². The number of urea groups is 1. The van der Waals surface area contributed by atoms with Crippen LogP contribution < -0.4 is 5.32 Å². The van der Waals surface area contributed by atoms with E-state index in [4.69, 9.17) is 9.47 Å². The third-order valence-electron chi connectivity index (χ3n) is 3.64. The van der Waals surface area contributed by atoms with E-state index < -0.39 is 0 Å². The zero-order valence-corrected chi connectivity index (χ0v) is 12.8. The molecule has 1 aliphatic rings. The average Bonchev–Trinajstić information content (AvgIpc) is 2.48. The highest BCUT2D eigenvalue weighted by Crippen LogP contribution is 2.16. The molecule has 116 valence electrons. The first kappa shape index (κ1) is 15.8. The first-order valence-corrected chi connectivity index (χ1v) is 7.42. The molecule has 2 amide bonds. The van der Waals surface area contributed by atoms with E-state index in [0.29, 0.717) is 13.2 Å². The SMILES string of the molecule is COCCOC1CCN(C(=O)Nc2cccc(C)c2)CC1. The zero-order chi connectivity index (χ0) is 15.1. The number of benzene rings is 1. The number of nitrogens with zero attached hydrogens (tertiary/aromatic N) is 1. The van der Waals surface area contributed by atoms with Gasteiger partial charge in [-0.15, -0.1) is 0 Å². The number of aryl methyl sites for hydroxylation is 1. The van der Waals surface area contributed by atoms with Crippen molar-refractivity contribution in [1.82, 2.24) is 4.90 Å². The average molecular weight is 292 g/mol. The number of carbonyl (C=O) groups is 1. The van der Waals surface area contributed by atoms with Gasteiger partial charge in [-0.1, -0.05) is 12.1 Å². The van der Waals surface area contributed by atoms with Crippen molar-refractivity contribution in [3.05, 3.63) is 29.8 Å². The molecule has 1 fully saturated rings. The predicted octanol–water partition coefficient (Wildman–Crippen LogP) is 2.65. The monoisotopic (exact) mass is 292 g/mol. The Morgan fingerprint density at radius 3 is 2.76 bits per heavy atom. The number of likely N-dealkylation sites (tertiary alicyclic amines) is 1. The second kappa shape index (κ2) is 8.00. The Hall–Kier alpha value is -1.59. The van der Waals surface area contributed by atoms with Crippen molar-refractivity contribution < 1.29 is 14.3 Å². The van der Waals surface area contributed by atoms with Crippen molar-refractivity contribution in [2.45, 2.75) is 25.9 Å². The van der Waals surface area contributed by atoms with Crippen LogP contribution in [0, 0.1) is 6.92 Å². The number of carbonyl (C=O) groups excluding carboxylic acids is 1. The van der Waals surface area contributed by atoms with Gasteiger partial charge in [-0.3, -0.25) is 0 Å². The first-order chi connectivity index (χ1) is 10.2. The van der Waals surface area contributed by atoms with Crippen molar-refractivity contribution in [2.75, 3.05) is 38.7 Å². The molecule has 0 unspecified atom stereocenters. The number of anilines is 1. The fourth-order valence-corrected chi connectivity index (χ4v) is 2.45. The summed E-state index contributed by atoms with van der Waals surface area (Å²) < 4.78 is 10.7. The number of amides is 2. The second-order valence-electron chi connectivity index (χ2n) is 5.35. The van der Waals surface area contributed by atoms with Crippen LogP contribution in [-0.2, 0) is 9.47 Å². The summed E-state index contributed by atoms with van der Waals surface area (Å²) in [4.78, 5) is 14.0. The Kier molecular flexibility index (Phi) is 6.02.